The third-order valence-corrected chi connectivity index (χ3v) is 7.26. The number of benzene rings is 1. The molecule has 7 heteroatoms. The number of cyclic esters (lactones) is 1. The van der Waals surface area contributed by atoms with E-state index in [0.29, 0.717) is 39.2 Å². The molecule has 0 bridgehead atoms. The molecule has 2 unspecified atom stereocenters. The van der Waals surface area contributed by atoms with Crippen LogP contribution in [0.15, 0.2) is 36.4 Å². The van der Waals surface area contributed by atoms with Gasteiger partial charge in [0.1, 0.15) is 0 Å². The van der Waals surface area contributed by atoms with Gasteiger partial charge in [0.05, 0.1) is 31.8 Å². The van der Waals surface area contributed by atoms with Crippen LogP contribution in [0, 0.1) is 11.3 Å². The highest BCUT2D eigenvalue weighted by Gasteiger charge is 2.55. The Labute approximate surface area is 182 Å². The number of piperidine rings is 1. The summed E-state index contributed by atoms with van der Waals surface area (Å²) in [6, 6.07) is 7.81. The predicted molar refractivity (Wildman–Crippen MR) is 114 cm³/mol. The normalized spacial score (nSPS) is 29.9. The van der Waals surface area contributed by atoms with Gasteiger partial charge in [0.25, 0.3) is 0 Å². The van der Waals surface area contributed by atoms with Gasteiger partial charge in [-0.1, -0.05) is 24.3 Å². The van der Waals surface area contributed by atoms with Crippen molar-refractivity contribution in [1.82, 2.24) is 4.90 Å². The fourth-order valence-electron chi connectivity index (χ4n) is 5.57. The average Bonchev–Trinajstić information content (AvgIpc) is 3.41. The van der Waals surface area contributed by atoms with Crippen molar-refractivity contribution in [2.45, 2.75) is 37.9 Å². The summed E-state index contributed by atoms with van der Waals surface area (Å²) in [6.45, 7) is 7.86. The average molecular weight is 427 g/mol. The first-order valence-electron chi connectivity index (χ1n) is 11.2. The highest BCUT2D eigenvalue weighted by atomic mass is 16.7. The summed E-state index contributed by atoms with van der Waals surface area (Å²) in [5, 5.41) is 2.98. The molecule has 1 spiro atoms. The van der Waals surface area contributed by atoms with Gasteiger partial charge in [-0.3, -0.25) is 14.5 Å². The van der Waals surface area contributed by atoms with Crippen molar-refractivity contribution in [3.8, 4) is 0 Å². The molecule has 4 fully saturated rings. The minimum Gasteiger partial charge on any atom is -0.465 e. The number of fused-ring (bicyclic) bond motifs is 1. The van der Waals surface area contributed by atoms with E-state index in [1.54, 1.807) is 0 Å². The number of esters is 1. The van der Waals surface area contributed by atoms with Gasteiger partial charge in [0, 0.05) is 37.5 Å². The van der Waals surface area contributed by atoms with Crippen molar-refractivity contribution < 1.29 is 23.8 Å². The maximum atomic E-state index is 12.5. The van der Waals surface area contributed by atoms with Gasteiger partial charge in [-0.15, -0.1) is 0 Å². The summed E-state index contributed by atoms with van der Waals surface area (Å²) in [5.74, 6) is -0.304. The van der Waals surface area contributed by atoms with Crippen LogP contribution in [0.25, 0.3) is 0 Å². The molecule has 1 aromatic rings. The monoisotopic (exact) mass is 426 g/mol. The van der Waals surface area contributed by atoms with Gasteiger partial charge in [-0.25, -0.2) is 0 Å². The fraction of sp³-hybridized carbons (Fsp3) is 0.583. The van der Waals surface area contributed by atoms with E-state index >= 15 is 0 Å². The minimum atomic E-state index is -0.458. The van der Waals surface area contributed by atoms with Gasteiger partial charge in [0.2, 0.25) is 5.91 Å². The lowest BCUT2D eigenvalue weighted by Crippen LogP contribution is -2.47. The Morgan fingerprint density at radius 2 is 1.87 bits per heavy atom. The van der Waals surface area contributed by atoms with E-state index in [1.807, 2.05) is 24.3 Å². The maximum Gasteiger partial charge on any atom is 0.313 e. The molecule has 0 radical (unpaired) electrons. The number of hydrogen-bond acceptors (Lipinski definition) is 6. The van der Waals surface area contributed by atoms with Gasteiger partial charge < -0.3 is 19.5 Å². The Bertz CT molecular complexity index is 866. The molecule has 2 atom stereocenters. The van der Waals surface area contributed by atoms with E-state index < -0.39 is 11.2 Å². The number of nitrogens with zero attached hydrogens (tertiary/aromatic N) is 1. The van der Waals surface area contributed by atoms with E-state index in [9.17, 15) is 9.59 Å². The highest BCUT2D eigenvalue weighted by Crippen LogP contribution is 2.52. The summed E-state index contributed by atoms with van der Waals surface area (Å²) in [5.41, 5.74) is 2.53. The zero-order valence-corrected chi connectivity index (χ0v) is 17.9. The lowest BCUT2D eigenvalue weighted by atomic mass is 9.75. The second-order valence-corrected chi connectivity index (χ2v) is 9.39. The Morgan fingerprint density at radius 3 is 2.58 bits per heavy atom. The van der Waals surface area contributed by atoms with Crippen molar-refractivity contribution in [2.75, 3.05) is 44.8 Å². The summed E-state index contributed by atoms with van der Waals surface area (Å²) in [7, 11) is 0. The molecule has 5 rings (SSSR count). The lowest BCUT2D eigenvalue weighted by molar-refractivity contribution is -0.185. The Morgan fingerprint density at radius 1 is 1.16 bits per heavy atom. The number of likely N-dealkylation sites (tertiary alicyclic amines) is 1. The summed E-state index contributed by atoms with van der Waals surface area (Å²) >= 11 is 0. The molecule has 4 aliphatic rings. The van der Waals surface area contributed by atoms with Crippen LogP contribution >= 0.6 is 0 Å². The molecule has 1 aromatic carbocycles. The first kappa shape index (κ1) is 20.7. The van der Waals surface area contributed by atoms with Crippen molar-refractivity contribution in [2.24, 2.45) is 11.3 Å². The summed E-state index contributed by atoms with van der Waals surface area (Å²) in [4.78, 5) is 27.1. The molecule has 0 aromatic heterocycles. The molecule has 31 heavy (non-hydrogen) atoms. The molecule has 3 aliphatic heterocycles. The van der Waals surface area contributed by atoms with E-state index in [-0.39, 0.29) is 17.8 Å². The number of amides is 1. The minimum absolute atomic E-state index is 0.0259. The number of anilines is 1. The van der Waals surface area contributed by atoms with Gasteiger partial charge in [-0.2, -0.15) is 0 Å². The number of rotatable bonds is 5. The SMILES string of the molecule is C=C1CC2COC(=O)C2(Cc2ccc(NC(=O)CN3CCC4(CC3)OCCO4)cc2)C1. The number of ether oxygens (including phenoxy) is 3. The van der Waals surface area contributed by atoms with Gasteiger partial charge >= 0.3 is 5.97 Å². The Kier molecular flexibility index (Phi) is 5.36. The van der Waals surface area contributed by atoms with E-state index in [2.05, 4.69) is 16.8 Å². The number of carbonyl (C=O) groups excluding carboxylic acids is 2. The number of allylic oxidation sites excluding steroid dienone is 1. The molecule has 1 amide bonds. The molecule has 1 N–H and O–H groups in total. The van der Waals surface area contributed by atoms with Crippen LogP contribution in [0.5, 0.6) is 0 Å². The molecular weight excluding hydrogens is 396 g/mol. The van der Waals surface area contributed by atoms with Gasteiger partial charge in [0.15, 0.2) is 5.79 Å². The second-order valence-electron chi connectivity index (χ2n) is 9.39. The van der Waals surface area contributed by atoms with Crippen LogP contribution < -0.4 is 5.32 Å². The summed E-state index contributed by atoms with van der Waals surface area (Å²) in [6.07, 6.45) is 3.83. The van der Waals surface area contributed by atoms with Crippen LogP contribution in [-0.2, 0) is 30.2 Å². The smallest absolute Gasteiger partial charge is 0.313 e. The first-order valence-corrected chi connectivity index (χ1v) is 11.2. The standard InChI is InChI=1S/C24H30N2O5/c1-17-12-19-16-29-22(28)23(19,13-17)14-18-2-4-20(5-3-18)25-21(27)15-26-8-6-24(7-9-26)30-10-11-31-24/h2-5,19H,1,6-16H2,(H,25,27). The zero-order chi connectivity index (χ0) is 21.5. The van der Waals surface area contributed by atoms with Crippen LogP contribution in [0.3, 0.4) is 0 Å². The number of hydrogen-bond donors (Lipinski definition) is 1. The van der Waals surface area contributed by atoms with Crippen molar-refractivity contribution >= 4 is 17.6 Å². The molecule has 166 valence electrons. The van der Waals surface area contributed by atoms with Gasteiger partial charge in [-0.05, 0) is 37.0 Å². The van der Waals surface area contributed by atoms with E-state index in [0.717, 1.165) is 49.2 Å². The highest BCUT2D eigenvalue weighted by molar-refractivity contribution is 5.92. The molecule has 1 saturated carbocycles. The van der Waals surface area contributed by atoms with Crippen LogP contribution in [0.2, 0.25) is 0 Å². The first-order chi connectivity index (χ1) is 15.0. The third kappa shape index (κ3) is 4.02. The second kappa shape index (κ2) is 8.04. The van der Waals surface area contributed by atoms with Crippen molar-refractivity contribution in [3.63, 3.8) is 0 Å². The Hall–Kier alpha value is -2.22. The predicted octanol–water partition coefficient (Wildman–Crippen LogP) is 2.52. The van der Waals surface area contributed by atoms with Crippen molar-refractivity contribution in [1.29, 1.82) is 0 Å². The number of carbonyl (C=O) groups is 2. The zero-order valence-electron chi connectivity index (χ0n) is 17.9. The third-order valence-electron chi connectivity index (χ3n) is 7.26. The molecule has 1 aliphatic carbocycles. The lowest BCUT2D eigenvalue weighted by Gasteiger charge is -2.37. The molecule has 7 nitrogen and oxygen atoms in total. The van der Waals surface area contributed by atoms with Crippen molar-refractivity contribution in [3.05, 3.63) is 42.0 Å². The molecule has 3 saturated heterocycles. The largest absolute Gasteiger partial charge is 0.465 e. The van der Waals surface area contributed by atoms with Crippen LogP contribution in [-0.4, -0.2) is 62.0 Å². The van der Waals surface area contributed by atoms with Crippen LogP contribution in [0.1, 0.15) is 31.2 Å². The molecule has 3 heterocycles. The fourth-order valence-corrected chi connectivity index (χ4v) is 5.57. The molecular formula is C24H30N2O5. The topological polar surface area (TPSA) is 77.1 Å². The van der Waals surface area contributed by atoms with E-state index in [4.69, 9.17) is 14.2 Å². The van der Waals surface area contributed by atoms with Crippen LogP contribution in [0.4, 0.5) is 5.69 Å². The maximum absolute atomic E-state index is 12.5. The van der Waals surface area contributed by atoms with E-state index in [1.165, 1.54) is 0 Å². The Balaban J connectivity index is 1.14. The number of nitrogens with one attached hydrogen (secondary N) is 1. The summed E-state index contributed by atoms with van der Waals surface area (Å²) < 4.78 is 16.9. The quantitative estimate of drug-likeness (QED) is 0.576.